The molecular weight excluding hydrogens is 1100 g/mol. The first kappa shape index (κ1) is 50.8. The third-order valence-corrected chi connectivity index (χ3v) is 18.1. The summed E-state index contributed by atoms with van der Waals surface area (Å²) in [4.78, 5) is 15.8. The van der Waals surface area contributed by atoms with Crippen LogP contribution in [0.2, 0.25) is 0 Å². The van der Waals surface area contributed by atoms with E-state index in [0.717, 1.165) is 99.7 Å². The van der Waals surface area contributed by atoms with Crippen molar-refractivity contribution in [2.24, 2.45) is 0 Å². The summed E-state index contributed by atoms with van der Waals surface area (Å²) in [5, 5.41) is 20.9. The number of fused-ring (bicyclic) bond motifs is 12. The summed E-state index contributed by atoms with van der Waals surface area (Å²) in [5.74, 6) is 1.51. The fraction of sp³-hybridized carbons (Fsp3) is 0. The molecule has 0 N–H and O–H groups in total. The van der Waals surface area contributed by atoms with E-state index < -0.39 is 0 Å². The summed E-state index contributed by atoms with van der Waals surface area (Å²) >= 11 is 0. The molecule has 0 aliphatic rings. The Balaban J connectivity index is 0.826. The molecular formula is C82H50N8. The molecule has 0 radical (unpaired) electrons. The highest BCUT2D eigenvalue weighted by molar-refractivity contribution is 6.14. The average molecular weight is 1150 g/mol. The van der Waals surface area contributed by atoms with E-state index in [1.807, 2.05) is 66.7 Å². The van der Waals surface area contributed by atoms with Gasteiger partial charge in [0.05, 0.1) is 61.1 Å². The van der Waals surface area contributed by atoms with E-state index in [1.165, 1.54) is 43.6 Å². The molecule has 0 saturated carbocycles. The van der Waals surface area contributed by atoms with E-state index in [-0.39, 0.29) is 0 Å². The van der Waals surface area contributed by atoms with Gasteiger partial charge in [-0.2, -0.15) is 5.26 Å². The van der Waals surface area contributed by atoms with Crippen LogP contribution in [0.4, 0.5) is 0 Å². The lowest BCUT2D eigenvalue weighted by Gasteiger charge is -2.19. The van der Waals surface area contributed by atoms with Crippen molar-refractivity contribution in [3.8, 4) is 85.2 Å². The number of rotatable bonds is 9. The minimum Gasteiger partial charge on any atom is -0.309 e. The molecule has 418 valence electrons. The topological polar surface area (TPSA) is 82.2 Å². The minimum atomic E-state index is 0.447. The smallest absolute Gasteiger partial charge is 0.166 e. The van der Waals surface area contributed by atoms with Gasteiger partial charge in [0.2, 0.25) is 0 Å². The molecule has 0 aliphatic carbocycles. The van der Waals surface area contributed by atoms with Gasteiger partial charge in [0.15, 0.2) is 17.5 Å². The van der Waals surface area contributed by atoms with Crippen LogP contribution in [0.3, 0.4) is 0 Å². The third kappa shape index (κ3) is 7.97. The summed E-state index contributed by atoms with van der Waals surface area (Å²) in [6, 6.07) is 110. The standard InChI is InChI=1S/C82H50N8/c83-51-58-49-69(82-85-80(54-19-3-1-4-20-54)84-81(86-82)55-21-5-2-6-22-55)79(90-75-34-18-12-28-66(75)68-48-57(40-46-77(68)90)53-37-43-60(44-38-53)88-72-31-15-9-25-63(72)64-26-10-16-32-73(64)88)50-78(58)89-74-33-17-11-27-65(74)67-47-56(39-45-76(67)89)52-35-41-59(42-36-52)87-70-29-13-7-23-61(70)62-24-8-14-30-71(62)87/h1-50H. The Morgan fingerprint density at radius 3 is 0.933 bits per heavy atom. The van der Waals surface area contributed by atoms with Gasteiger partial charge >= 0.3 is 0 Å². The maximum Gasteiger partial charge on any atom is 0.166 e. The van der Waals surface area contributed by atoms with Crippen LogP contribution in [0.1, 0.15) is 5.56 Å². The normalized spacial score (nSPS) is 11.8. The van der Waals surface area contributed by atoms with E-state index in [4.69, 9.17) is 15.0 Å². The average Bonchev–Trinajstić information content (AvgIpc) is 1.65. The fourth-order valence-corrected chi connectivity index (χ4v) is 14.0. The van der Waals surface area contributed by atoms with Crippen molar-refractivity contribution in [3.05, 3.63) is 309 Å². The molecule has 0 aliphatic heterocycles. The Bertz CT molecular complexity index is 5800. The van der Waals surface area contributed by atoms with Gasteiger partial charge in [0, 0.05) is 71.2 Å². The third-order valence-electron chi connectivity index (χ3n) is 18.1. The Labute approximate surface area is 516 Å². The number of nitrogens with zero attached hydrogens (tertiary/aromatic N) is 8. The number of hydrogen-bond acceptors (Lipinski definition) is 4. The summed E-state index contributed by atoms with van der Waals surface area (Å²) in [7, 11) is 0. The first-order chi connectivity index (χ1) is 44.6. The van der Waals surface area contributed by atoms with Gasteiger partial charge in [0.25, 0.3) is 0 Å². The quantitative estimate of drug-likeness (QED) is 0.144. The van der Waals surface area contributed by atoms with Gasteiger partial charge in [-0.3, -0.25) is 0 Å². The van der Waals surface area contributed by atoms with Crippen molar-refractivity contribution in [2.75, 3.05) is 0 Å². The zero-order valence-electron chi connectivity index (χ0n) is 48.4. The van der Waals surface area contributed by atoms with Crippen LogP contribution in [0, 0.1) is 11.3 Å². The monoisotopic (exact) mass is 1150 g/mol. The Kier molecular flexibility index (Phi) is 11.5. The van der Waals surface area contributed by atoms with Crippen molar-refractivity contribution in [1.29, 1.82) is 5.26 Å². The van der Waals surface area contributed by atoms with Gasteiger partial charge in [-0.1, -0.05) is 206 Å². The zero-order chi connectivity index (χ0) is 59.4. The van der Waals surface area contributed by atoms with Crippen LogP contribution < -0.4 is 0 Å². The summed E-state index contributed by atoms with van der Waals surface area (Å²) in [5.41, 5.74) is 19.7. The molecule has 0 unspecified atom stereocenters. The van der Waals surface area contributed by atoms with Gasteiger partial charge in [-0.15, -0.1) is 0 Å². The van der Waals surface area contributed by atoms with Crippen LogP contribution in [0.25, 0.3) is 166 Å². The maximum atomic E-state index is 11.6. The second-order valence-electron chi connectivity index (χ2n) is 23.0. The van der Waals surface area contributed by atoms with Crippen LogP contribution in [0.5, 0.6) is 0 Å². The van der Waals surface area contributed by atoms with Gasteiger partial charge < -0.3 is 18.3 Å². The fourth-order valence-electron chi connectivity index (χ4n) is 14.0. The van der Waals surface area contributed by atoms with E-state index in [0.29, 0.717) is 28.6 Å². The summed E-state index contributed by atoms with van der Waals surface area (Å²) in [6.07, 6.45) is 0. The molecule has 8 nitrogen and oxygen atoms in total. The highest BCUT2D eigenvalue weighted by atomic mass is 15.1. The first-order valence-corrected chi connectivity index (χ1v) is 30.3. The number of nitriles is 1. The predicted octanol–water partition coefficient (Wildman–Crippen LogP) is 20.5. The van der Waals surface area contributed by atoms with Crippen molar-refractivity contribution < 1.29 is 0 Å². The first-order valence-electron chi connectivity index (χ1n) is 30.3. The Morgan fingerprint density at radius 1 is 0.233 bits per heavy atom. The molecule has 0 atom stereocenters. The van der Waals surface area contributed by atoms with Crippen LogP contribution in [-0.2, 0) is 0 Å². The lowest BCUT2D eigenvalue weighted by Crippen LogP contribution is -2.07. The molecule has 18 rings (SSSR count). The number of benzene rings is 13. The molecule has 0 fully saturated rings. The van der Waals surface area contributed by atoms with Crippen LogP contribution in [0.15, 0.2) is 303 Å². The number of aromatic nitrogens is 7. The number of para-hydroxylation sites is 6. The molecule has 0 bridgehead atoms. The number of hydrogen-bond donors (Lipinski definition) is 0. The highest BCUT2D eigenvalue weighted by Gasteiger charge is 2.25. The highest BCUT2D eigenvalue weighted by Crippen LogP contribution is 2.44. The molecule has 5 heterocycles. The predicted molar refractivity (Wildman–Crippen MR) is 369 cm³/mol. The lowest BCUT2D eigenvalue weighted by molar-refractivity contribution is 1.06. The lowest BCUT2D eigenvalue weighted by atomic mass is 10.0. The largest absolute Gasteiger partial charge is 0.309 e. The van der Waals surface area contributed by atoms with E-state index in [9.17, 15) is 5.26 Å². The molecule has 13 aromatic carbocycles. The van der Waals surface area contributed by atoms with Crippen molar-refractivity contribution in [3.63, 3.8) is 0 Å². The summed E-state index contributed by atoms with van der Waals surface area (Å²) in [6.45, 7) is 0. The molecule has 0 amide bonds. The zero-order valence-corrected chi connectivity index (χ0v) is 48.4. The van der Waals surface area contributed by atoms with E-state index in [1.54, 1.807) is 0 Å². The summed E-state index contributed by atoms with van der Waals surface area (Å²) < 4.78 is 9.31. The van der Waals surface area contributed by atoms with Crippen LogP contribution in [-0.4, -0.2) is 33.2 Å². The molecule has 90 heavy (non-hydrogen) atoms. The Hall–Kier alpha value is -12.4. The maximum absolute atomic E-state index is 11.6. The molecule has 8 heteroatoms. The van der Waals surface area contributed by atoms with Gasteiger partial charge in [-0.05, 0) is 119 Å². The van der Waals surface area contributed by atoms with Crippen molar-refractivity contribution in [1.82, 2.24) is 33.2 Å². The van der Waals surface area contributed by atoms with Crippen LogP contribution >= 0.6 is 0 Å². The van der Waals surface area contributed by atoms with E-state index in [2.05, 4.69) is 261 Å². The van der Waals surface area contributed by atoms with Gasteiger partial charge in [0.1, 0.15) is 6.07 Å². The minimum absolute atomic E-state index is 0.447. The second-order valence-corrected chi connectivity index (χ2v) is 23.0. The second kappa shape index (κ2) is 20.3. The van der Waals surface area contributed by atoms with Gasteiger partial charge in [-0.25, -0.2) is 15.0 Å². The molecule has 0 spiro atoms. The van der Waals surface area contributed by atoms with Crippen molar-refractivity contribution >= 4 is 87.2 Å². The molecule has 0 saturated heterocycles. The SMILES string of the molecule is N#Cc1cc(-c2nc(-c3ccccc3)nc(-c3ccccc3)n2)c(-n2c3ccccc3c3cc(-c4ccc(-n5c6ccccc6c6ccccc65)cc4)ccc32)cc1-n1c2ccccc2c2cc(-c3ccc(-n4c5ccccc5c5ccccc54)cc3)ccc21. The van der Waals surface area contributed by atoms with Crippen molar-refractivity contribution in [2.45, 2.75) is 0 Å². The Morgan fingerprint density at radius 2 is 0.544 bits per heavy atom. The molecule has 18 aromatic rings. The molecule has 5 aromatic heterocycles. The van der Waals surface area contributed by atoms with E-state index >= 15 is 0 Å².